The van der Waals surface area contributed by atoms with Gasteiger partial charge in [0, 0.05) is 29.3 Å². The van der Waals surface area contributed by atoms with Gasteiger partial charge in [0.2, 0.25) is 10.0 Å². The number of nitrogens with zero attached hydrogens (tertiary/aromatic N) is 3. The van der Waals surface area contributed by atoms with Gasteiger partial charge in [0.25, 0.3) is 0 Å². The molecule has 1 aliphatic heterocycles. The monoisotopic (exact) mass is 523 g/mol. The molecule has 1 saturated heterocycles. The van der Waals surface area contributed by atoms with E-state index in [9.17, 15) is 8.42 Å². The van der Waals surface area contributed by atoms with E-state index in [4.69, 9.17) is 12.2 Å². The number of aryl methyl sites for hydroxylation is 2. The third-order valence-corrected chi connectivity index (χ3v) is 8.32. The number of nitrogens with one attached hydrogen (secondary N) is 2. The zero-order valence-corrected chi connectivity index (χ0v) is 22.8. The van der Waals surface area contributed by atoms with E-state index in [2.05, 4.69) is 44.4 Å². The molecule has 0 radical (unpaired) electrons. The first kappa shape index (κ1) is 24.8. The molecule has 1 aliphatic carbocycles. The van der Waals surface area contributed by atoms with Gasteiger partial charge in [-0.25, -0.2) is 8.42 Å². The van der Waals surface area contributed by atoms with Gasteiger partial charge < -0.3 is 14.8 Å². The summed E-state index contributed by atoms with van der Waals surface area (Å²) in [6.07, 6.45) is 7.98. The maximum absolute atomic E-state index is 11.8. The van der Waals surface area contributed by atoms with Crippen LogP contribution < -0.4 is 14.9 Å². The van der Waals surface area contributed by atoms with Gasteiger partial charge in [0.1, 0.15) is 0 Å². The Morgan fingerprint density at radius 1 is 1.08 bits per heavy atom. The van der Waals surface area contributed by atoms with E-state index in [0.717, 1.165) is 23.2 Å². The van der Waals surface area contributed by atoms with E-state index in [1.54, 1.807) is 6.07 Å². The molecule has 3 heterocycles. The Hall–Kier alpha value is -2.91. The van der Waals surface area contributed by atoms with Crippen LogP contribution in [0.4, 0.5) is 11.4 Å². The van der Waals surface area contributed by atoms with Crippen molar-refractivity contribution in [2.75, 3.05) is 15.9 Å². The van der Waals surface area contributed by atoms with Gasteiger partial charge in [0.15, 0.2) is 5.11 Å². The molecule has 0 spiro atoms. The second kappa shape index (κ2) is 9.52. The van der Waals surface area contributed by atoms with E-state index in [1.807, 2.05) is 43.5 Å². The van der Waals surface area contributed by atoms with Gasteiger partial charge >= 0.3 is 0 Å². The van der Waals surface area contributed by atoms with Gasteiger partial charge in [-0.2, -0.15) is 0 Å². The Bertz CT molecular complexity index is 1400. The van der Waals surface area contributed by atoms with Crippen LogP contribution in [0.1, 0.15) is 72.0 Å². The maximum atomic E-state index is 11.8. The first-order chi connectivity index (χ1) is 17.1. The molecule has 2 N–H and O–H groups in total. The second-order valence-electron chi connectivity index (χ2n) is 10.0. The molecule has 3 aromatic rings. The highest BCUT2D eigenvalue weighted by Crippen LogP contribution is 2.45. The van der Waals surface area contributed by atoms with Crippen LogP contribution in [0.3, 0.4) is 0 Å². The van der Waals surface area contributed by atoms with Crippen LogP contribution in [0, 0.1) is 20.8 Å². The minimum Gasteiger partial charge on any atom is -0.351 e. The normalized spacial score (nSPS) is 20.7. The number of pyridine rings is 1. The molecule has 7 nitrogen and oxygen atoms in total. The standard InChI is InChI=1S/C27H33N5O2S2/c1-17-15-21(12-13-23(17)30-36(4,33)34)32-26(25(29-27(32)35)24-11-7-8-14-28-24)22-16-18(2)31(19(22)3)20-9-5-6-10-20/h7-8,11-16,20,25-26,30H,5-6,9-10H2,1-4H3,(H,29,35)/t25-,26-/m1/s1. The van der Waals surface area contributed by atoms with Gasteiger partial charge in [-0.1, -0.05) is 18.9 Å². The molecule has 9 heteroatoms. The quantitative estimate of drug-likeness (QED) is 0.417. The molecule has 36 heavy (non-hydrogen) atoms. The van der Waals surface area contributed by atoms with Crippen molar-refractivity contribution in [3.8, 4) is 0 Å². The molecular weight excluding hydrogens is 490 g/mol. The van der Waals surface area contributed by atoms with Gasteiger partial charge in [-0.3, -0.25) is 9.71 Å². The maximum Gasteiger partial charge on any atom is 0.229 e. The Morgan fingerprint density at radius 3 is 2.47 bits per heavy atom. The summed E-state index contributed by atoms with van der Waals surface area (Å²) in [5.41, 5.74) is 7.03. The Labute approximate surface area is 219 Å². The molecule has 2 aliphatic rings. The molecular formula is C27H33N5O2S2. The second-order valence-corrected chi connectivity index (χ2v) is 12.1. The number of sulfonamides is 1. The molecule has 0 unspecified atom stereocenters. The van der Waals surface area contributed by atoms with Crippen LogP contribution in [0.15, 0.2) is 48.7 Å². The highest BCUT2D eigenvalue weighted by molar-refractivity contribution is 7.92. The van der Waals surface area contributed by atoms with E-state index in [1.165, 1.54) is 42.6 Å². The van der Waals surface area contributed by atoms with Crippen molar-refractivity contribution in [3.05, 3.63) is 76.9 Å². The van der Waals surface area contributed by atoms with Crippen molar-refractivity contribution in [1.82, 2.24) is 14.9 Å². The summed E-state index contributed by atoms with van der Waals surface area (Å²) in [7, 11) is -3.37. The van der Waals surface area contributed by atoms with Crippen molar-refractivity contribution in [3.63, 3.8) is 0 Å². The Kier molecular flexibility index (Phi) is 6.55. The third kappa shape index (κ3) is 4.62. The summed E-state index contributed by atoms with van der Waals surface area (Å²) in [5, 5.41) is 4.17. The smallest absolute Gasteiger partial charge is 0.229 e. The van der Waals surface area contributed by atoms with Crippen LogP contribution in [0.25, 0.3) is 0 Å². The lowest BCUT2D eigenvalue weighted by atomic mass is 9.96. The number of hydrogen-bond acceptors (Lipinski definition) is 4. The lowest BCUT2D eigenvalue weighted by molar-refractivity contribution is 0.494. The third-order valence-electron chi connectivity index (χ3n) is 7.41. The fraction of sp³-hybridized carbons (Fsp3) is 0.407. The molecule has 2 fully saturated rings. The van der Waals surface area contributed by atoms with E-state index in [0.29, 0.717) is 16.8 Å². The predicted octanol–water partition coefficient (Wildman–Crippen LogP) is 5.47. The number of rotatable bonds is 6. The molecule has 1 aromatic carbocycles. The van der Waals surface area contributed by atoms with Gasteiger partial charge in [-0.05, 0) is 93.4 Å². The average Bonchev–Trinajstić information content (AvgIpc) is 3.53. The first-order valence-electron chi connectivity index (χ1n) is 12.4. The lowest BCUT2D eigenvalue weighted by Crippen LogP contribution is -2.29. The van der Waals surface area contributed by atoms with E-state index < -0.39 is 10.0 Å². The topological polar surface area (TPSA) is 79.3 Å². The Balaban J connectivity index is 1.62. The average molecular weight is 524 g/mol. The Morgan fingerprint density at radius 2 is 1.83 bits per heavy atom. The number of anilines is 2. The first-order valence-corrected chi connectivity index (χ1v) is 14.7. The zero-order valence-electron chi connectivity index (χ0n) is 21.2. The van der Waals surface area contributed by atoms with Crippen molar-refractivity contribution >= 4 is 38.7 Å². The molecule has 5 rings (SSSR count). The van der Waals surface area contributed by atoms with Crippen LogP contribution in [-0.4, -0.2) is 29.3 Å². The minimum absolute atomic E-state index is 0.0955. The van der Waals surface area contributed by atoms with Crippen molar-refractivity contribution in [2.45, 2.75) is 64.6 Å². The molecule has 190 valence electrons. The largest absolute Gasteiger partial charge is 0.351 e. The van der Waals surface area contributed by atoms with Crippen molar-refractivity contribution < 1.29 is 8.42 Å². The van der Waals surface area contributed by atoms with Gasteiger partial charge in [0.05, 0.1) is 29.7 Å². The number of aromatic nitrogens is 2. The van der Waals surface area contributed by atoms with Crippen LogP contribution in [0.2, 0.25) is 0 Å². The lowest BCUT2D eigenvalue weighted by Gasteiger charge is -2.29. The summed E-state index contributed by atoms with van der Waals surface area (Å²) in [6, 6.07) is 14.3. The number of benzene rings is 1. The number of hydrogen-bond donors (Lipinski definition) is 2. The number of thiocarbonyl (C=S) groups is 1. The van der Waals surface area contributed by atoms with Crippen LogP contribution in [-0.2, 0) is 10.0 Å². The van der Waals surface area contributed by atoms with E-state index in [-0.39, 0.29) is 12.1 Å². The highest BCUT2D eigenvalue weighted by atomic mass is 32.2. The summed E-state index contributed by atoms with van der Waals surface area (Å²) in [6.45, 7) is 6.33. The van der Waals surface area contributed by atoms with Crippen molar-refractivity contribution in [1.29, 1.82) is 0 Å². The fourth-order valence-electron chi connectivity index (χ4n) is 5.89. The summed E-state index contributed by atoms with van der Waals surface area (Å²) in [4.78, 5) is 6.83. The summed E-state index contributed by atoms with van der Waals surface area (Å²) >= 11 is 5.90. The summed E-state index contributed by atoms with van der Waals surface area (Å²) < 4.78 is 28.7. The van der Waals surface area contributed by atoms with Crippen LogP contribution in [0.5, 0.6) is 0 Å². The predicted molar refractivity (Wildman–Crippen MR) is 149 cm³/mol. The highest BCUT2D eigenvalue weighted by Gasteiger charge is 2.42. The molecule has 0 bridgehead atoms. The SMILES string of the molecule is Cc1cc(N2C(=S)N[C@H](c3ccccn3)[C@H]2c2cc(C)n(C3CCCC3)c2C)ccc1NS(C)(=O)=O. The summed E-state index contributed by atoms with van der Waals surface area (Å²) in [5.74, 6) is 0. The molecule has 2 atom stereocenters. The molecule has 1 saturated carbocycles. The fourth-order valence-corrected chi connectivity index (χ4v) is 6.86. The van der Waals surface area contributed by atoms with Crippen molar-refractivity contribution in [2.24, 2.45) is 0 Å². The minimum atomic E-state index is -3.37. The van der Waals surface area contributed by atoms with Gasteiger partial charge in [-0.15, -0.1) is 0 Å². The zero-order chi connectivity index (χ0) is 25.6. The van der Waals surface area contributed by atoms with Crippen LogP contribution >= 0.6 is 12.2 Å². The van der Waals surface area contributed by atoms with E-state index >= 15 is 0 Å². The molecule has 0 amide bonds. The molecule has 2 aromatic heterocycles.